The lowest BCUT2D eigenvalue weighted by molar-refractivity contribution is -0.195. The second kappa shape index (κ2) is 6.34. The second-order valence-corrected chi connectivity index (χ2v) is 6.49. The van der Waals surface area contributed by atoms with Crippen LogP contribution in [0.1, 0.15) is 31.7 Å². The van der Waals surface area contributed by atoms with Crippen LogP contribution in [0.25, 0.3) is 0 Å². The highest BCUT2D eigenvalue weighted by molar-refractivity contribution is 5.94. The van der Waals surface area contributed by atoms with Crippen molar-refractivity contribution in [2.75, 3.05) is 14.2 Å². The first-order chi connectivity index (χ1) is 11.5. The van der Waals surface area contributed by atoms with Crippen molar-refractivity contribution in [1.82, 2.24) is 5.32 Å². The van der Waals surface area contributed by atoms with Crippen molar-refractivity contribution < 1.29 is 23.8 Å². The molecule has 1 aliphatic heterocycles. The van der Waals surface area contributed by atoms with Crippen molar-refractivity contribution in [3.8, 4) is 11.5 Å². The lowest BCUT2D eigenvalue weighted by Gasteiger charge is -2.39. The number of ether oxygens (including phenoxy) is 3. The third-order valence-corrected chi connectivity index (χ3v) is 5.19. The minimum Gasteiger partial charge on any atom is -0.497 e. The SMILES string of the molecule is CCC1([C@@H]2C(=O)O[C@@H]2C(=O)NCc2cc(OC)cc(OC)c2)CC1. The summed E-state index contributed by atoms with van der Waals surface area (Å²) in [6, 6.07) is 5.44. The van der Waals surface area contributed by atoms with Crippen LogP contribution in [0.15, 0.2) is 18.2 Å². The van der Waals surface area contributed by atoms with E-state index in [-0.39, 0.29) is 23.2 Å². The molecule has 0 spiro atoms. The molecule has 0 unspecified atom stereocenters. The molecule has 1 aliphatic carbocycles. The van der Waals surface area contributed by atoms with Crippen molar-refractivity contribution in [2.45, 2.75) is 38.8 Å². The van der Waals surface area contributed by atoms with Crippen LogP contribution in [0, 0.1) is 11.3 Å². The van der Waals surface area contributed by atoms with E-state index in [0.717, 1.165) is 24.8 Å². The van der Waals surface area contributed by atoms with E-state index in [4.69, 9.17) is 14.2 Å². The maximum absolute atomic E-state index is 12.4. The molecule has 1 heterocycles. The van der Waals surface area contributed by atoms with E-state index in [2.05, 4.69) is 12.2 Å². The summed E-state index contributed by atoms with van der Waals surface area (Å²) in [7, 11) is 3.16. The monoisotopic (exact) mass is 333 g/mol. The number of methoxy groups -OCH3 is 2. The van der Waals surface area contributed by atoms with Crippen LogP contribution in [0.4, 0.5) is 0 Å². The zero-order chi connectivity index (χ0) is 17.3. The van der Waals surface area contributed by atoms with Gasteiger partial charge in [0.25, 0.3) is 5.91 Å². The van der Waals surface area contributed by atoms with Gasteiger partial charge in [-0.3, -0.25) is 9.59 Å². The van der Waals surface area contributed by atoms with Crippen molar-refractivity contribution in [2.24, 2.45) is 11.3 Å². The molecule has 6 heteroatoms. The summed E-state index contributed by atoms with van der Waals surface area (Å²) in [5.74, 6) is 0.560. The highest BCUT2D eigenvalue weighted by Crippen LogP contribution is 2.59. The minimum absolute atomic E-state index is 0.0173. The number of hydrogen-bond acceptors (Lipinski definition) is 5. The van der Waals surface area contributed by atoms with Crippen LogP contribution in [0.2, 0.25) is 0 Å². The molecule has 0 radical (unpaired) electrons. The topological polar surface area (TPSA) is 73.9 Å². The van der Waals surface area contributed by atoms with Gasteiger partial charge >= 0.3 is 5.97 Å². The normalized spacial score (nSPS) is 23.7. The van der Waals surface area contributed by atoms with Gasteiger partial charge in [-0.2, -0.15) is 0 Å². The average Bonchev–Trinajstić information content (AvgIpc) is 3.37. The molecule has 2 aliphatic rings. The molecule has 0 bridgehead atoms. The van der Waals surface area contributed by atoms with Gasteiger partial charge in [-0.25, -0.2) is 0 Å². The molecule has 1 aromatic carbocycles. The molecule has 1 aromatic rings. The van der Waals surface area contributed by atoms with Crippen LogP contribution in [-0.2, 0) is 20.9 Å². The van der Waals surface area contributed by atoms with Gasteiger partial charge in [0.15, 0.2) is 6.10 Å². The Bertz CT molecular complexity index is 631. The average molecular weight is 333 g/mol. The Balaban J connectivity index is 1.63. The summed E-state index contributed by atoms with van der Waals surface area (Å²) in [5.41, 5.74) is 0.842. The largest absolute Gasteiger partial charge is 0.497 e. The summed E-state index contributed by atoms with van der Waals surface area (Å²) >= 11 is 0. The van der Waals surface area contributed by atoms with Crippen LogP contribution in [-0.4, -0.2) is 32.2 Å². The van der Waals surface area contributed by atoms with Crippen molar-refractivity contribution in [3.63, 3.8) is 0 Å². The quantitative estimate of drug-likeness (QED) is 0.773. The van der Waals surface area contributed by atoms with Crippen molar-refractivity contribution in [3.05, 3.63) is 23.8 Å². The highest BCUT2D eigenvalue weighted by Gasteiger charge is 2.62. The molecule has 0 aromatic heterocycles. The molecule has 1 amide bonds. The molecule has 2 atom stereocenters. The Labute approximate surface area is 141 Å². The van der Waals surface area contributed by atoms with Crippen molar-refractivity contribution >= 4 is 11.9 Å². The van der Waals surface area contributed by atoms with Gasteiger partial charge in [-0.05, 0) is 42.4 Å². The zero-order valence-electron chi connectivity index (χ0n) is 14.3. The first kappa shape index (κ1) is 16.6. The molecular formula is C18H23NO5. The number of carbonyl (C=O) groups excluding carboxylic acids is 2. The minimum atomic E-state index is -0.660. The number of carbonyl (C=O) groups is 2. The van der Waals surface area contributed by atoms with Crippen LogP contribution in [0.3, 0.4) is 0 Å². The first-order valence-electron chi connectivity index (χ1n) is 8.23. The van der Waals surface area contributed by atoms with E-state index in [1.807, 2.05) is 12.1 Å². The van der Waals surface area contributed by atoms with Crippen molar-refractivity contribution in [1.29, 1.82) is 0 Å². The molecule has 3 rings (SSSR count). The molecular weight excluding hydrogens is 310 g/mol. The maximum Gasteiger partial charge on any atom is 0.314 e. The smallest absolute Gasteiger partial charge is 0.314 e. The van der Waals surface area contributed by atoms with Crippen LogP contribution in [0.5, 0.6) is 11.5 Å². The number of cyclic esters (lactones) is 1. The molecule has 2 fully saturated rings. The Morgan fingerprint density at radius 3 is 2.33 bits per heavy atom. The molecule has 1 saturated carbocycles. The maximum atomic E-state index is 12.4. The van der Waals surface area contributed by atoms with Gasteiger partial charge in [0.2, 0.25) is 0 Å². The lowest BCUT2D eigenvalue weighted by Crippen LogP contribution is -2.57. The van der Waals surface area contributed by atoms with E-state index in [0.29, 0.717) is 18.0 Å². The summed E-state index contributed by atoms with van der Waals surface area (Å²) in [4.78, 5) is 24.2. The standard InChI is InChI=1S/C18H23NO5/c1-4-18(5-6-18)14-15(24-17(14)21)16(20)19-10-11-7-12(22-2)9-13(8-11)23-3/h7-9,14-15H,4-6,10H2,1-3H3,(H,19,20)/t14-,15-/m0/s1. The van der Waals surface area contributed by atoms with E-state index >= 15 is 0 Å². The fourth-order valence-corrected chi connectivity index (χ4v) is 3.40. The Morgan fingerprint density at radius 1 is 1.25 bits per heavy atom. The molecule has 1 saturated heterocycles. The van der Waals surface area contributed by atoms with Gasteiger partial charge in [0.05, 0.1) is 14.2 Å². The fraction of sp³-hybridized carbons (Fsp3) is 0.556. The molecule has 6 nitrogen and oxygen atoms in total. The van der Waals surface area contributed by atoms with E-state index < -0.39 is 6.10 Å². The van der Waals surface area contributed by atoms with Gasteiger partial charge in [-0.1, -0.05) is 6.92 Å². The lowest BCUT2D eigenvalue weighted by atomic mass is 9.78. The molecule has 1 N–H and O–H groups in total. The summed E-state index contributed by atoms with van der Waals surface area (Å²) in [6.07, 6.45) is 2.25. The highest BCUT2D eigenvalue weighted by atomic mass is 16.6. The number of amides is 1. The zero-order valence-corrected chi connectivity index (χ0v) is 14.3. The summed E-state index contributed by atoms with van der Waals surface area (Å²) in [5, 5.41) is 2.85. The van der Waals surface area contributed by atoms with E-state index in [1.54, 1.807) is 20.3 Å². The number of benzene rings is 1. The summed E-state index contributed by atoms with van der Waals surface area (Å²) in [6.45, 7) is 2.39. The van der Waals surface area contributed by atoms with Gasteiger partial charge in [0.1, 0.15) is 17.4 Å². The number of nitrogens with one attached hydrogen (secondary N) is 1. The third-order valence-electron chi connectivity index (χ3n) is 5.19. The molecule has 24 heavy (non-hydrogen) atoms. The first-order valence-corrected chi connectivity index (χ1v) is 8.23. The third kappa shape index (κ3) is 2.92. The van der Waals surface area contributed by atoms with Gasteiger partial charge in [0, 0.05) is 12.6 Å². The number of esters is 1. The fourth-order valence-electron chi connectivity index (χ4n) is 3.40. The van der Waals surface area contributed by atoms with E-state index in [9.17, 15) is 9.59 Å². The Hall–Kier alpha value is -2.24. The molecule has 130 valence electrons. The van der Waals surface area contributed by atoms with Crippen LogP contribution >= 0.6 is 0 Å². The number of rotatable bonds is 7. The number of hydrogen-bond donors (Lipinski definition) is 1. The van der Waals surface area contributed by atoms with Gasteiger partial charge < -0.3 is 19.5 Å². The Morgan fingerprint density at radius 2 is 1.88 bits per heavy atom. The predicted molar refractivity (Wildman–Crippen MR) is 86.7 cm³/mol. The Kier molecular flexibility index (Phi) is 4.39. The van der Waals surface area contributed by atoms with E-state index in [1.165, 1.54) is 0 Å². The van der Waals surface area contributed by atoms with Gasteiger partial charge in [-0.15, -0.1) is 0 Å². The summed E-state index contributed by atoms with van der Waals surface area (Å²) < 4.78 is 15.6. The second-order valence-electron chi connectivity index (χ2n) is 6.49. The predicted octanol–water partition coefficient (Wildman–Crippen LogP) is 2.05. The van der Waals surface area contributed by atoms with Crippen LogP contribution < -0.4 is 14.8 Å².